The molecule has 0 fully saturated rings. The highest BCUT2D eigenvalue weighted by atomic mass is 79.9. The van der Waals surface area contributed by atoms with E-state index < -0.39 is 0 Å². The number of benzene rings is 1. The Morgan fingerprint density at radius 2 is 2.31 bits per heavy atom. The first-order valence-electron chi connectivity index (χ1n) is 4.08. The number of halogens is 1. The summed E-state index contributed by atoms with van der Waals surface area (Å²) in [6.07, 6.45) is 0.650. The van der Waals surface area contributed by atoms with E-state index in [2.05, 4.69) is 22.0 Å². The van der Waals surface area contributed by atoms with Gasteiger partial charge in [0.1, 0.15) is 0 Å². The largest absolute Gasteiger partial charge is 0.369 e. The van der Waals surface area contributed by atoms with E-state index in [4.69, 9.17) is 5.73 Å². The molecule has 1 aromatic carbocycles. The summed E-state index contributed by atoms with van der Waals surface area (Å²) in [7, 11) is 0. The maximum atomic E-state index is 10.8. The third-order valence-electron chi connectivity index (χ3n) is 1.81. The first-order valence-corrected chi connectivity index (χ1v) is 5.00. The molecular weight excluding hydrogens is 230 g/mol. The van der Waals surface area contributed by atoms with Gasteiger partial charge in [-0.05, 0) is 18.9 Å². The molecule has 2 nitrogen and oxygen atoms in total. The normalized spacial score (nSPS) is 12.5. The summed E-state index contributed by atoms with van der Waals surface area (Å²) in [5, 5.41) is 0. The second kappa shape index (κ2) is 4.42. The molecule has 0 saturated carbocycles. The minimum atomic E-state index is -0.318. The van der Waals surface area contributed by atoms with E-state index in [1.54, 1.807) is 0 Å². The van der Waals surface area contributed by atoms with Crippen LogP contribution >= 0.6 is 15.9 Å². The van der Waals surface area contributed by atoms with Crippen molar-refractivity contribution in [3.63, 3.8) is 0 Å². The van der Waals surface area contributed by atoms with Gasteiger partial charge < -0.3 is 5.73 Å². The summed E-state index contributed by atoms with van der Waals surface area (Å²) in [5.41, 5.74) is 7.46. The van der Waals surface area contributed by atoms with Crippen LogP contribution in [0, 0.1) is 6.92 Å². The lowest BCUT2D eigenvalue weighted by Gasteiger charge is -2.05. The van der Waals surface area contributed by atoms with Crippen molar-refractivity contribution in [3.05, 3.63) is 35.4 Å². The van der Waals surface area contributed by atoms with Crippen LogP contribution in [0.25, 0.3) is 0 Å². The Kier molecular flexibility index (Phi) is 3.48. The van der Waals surface area contributed by atoms with E-state index in [0.29, 0.717) is 6.42 Å². The molecule has 1 aromatic rings. The van der Waals surface area contributed by atoms with Gasteiger partial charge in [-0.3, -0.25) is 4.79 Å². The van der Waals surface area contributed by atoms with Crippen molar-refractivity contribution in [2.24, 2.45) is 5.73 Å². The van der Waals surface area contributed by atoms with Gasteiger partial charge in [0.05, 0.1) is 4.83 Å². The Balaban J connectivity index is 2.69. The van der Waals surface area contributed by atoms with E-state index in [0.717, 1.165) is 5.56 Å². The highest BCUT2D eigenvalue weighted by Gasteiger charge is 2.10. The van der Waals surface area contributed by atoms with Gasteiger partial charge in [0.2, 0.25) is 5.91 Å². The highest BCUT2D eigenvalue weighted by molar-refractivity contribution is 9.10. The van der Waals surface area contributed by atoms with E-state index in [1.165, 1.54) is 5.56 Å². The van der Waals surface area contributed by atoms with Crippen LogP contribution in [0.5, 0.6) is 0 Å². The lowest BCUT2D eigenvalue weighted by atomic mass is 10.1. The molecule has 1 amide bonds. The fraction of sp³-hybridized carbons (Fsp3) is 0.300. The number of primary amides is 1. The molecule has 0 aliphatic heterocycles. The summed E-state index contributed by atoms with van der Waals surface area (Å²) < 4.78 is 0. The second-order valence-corrected chi connectivity index (χ2v) is 4.17. The third-order valence-corrected chi connectivity index (χ3v) is 2.58. The molecule has 0 aliphatic rings. The first-order chi connectivity index (χ1) is 6.09. The van der Waals surface area contributed by atoms with Gasteiger partial charge in [-0.15, -0.1) is 0 Å². The number of rotatable bonds is 3. The van der Waals surface area contributed by atoms with Crippen LogP contribution < -0.4 is 5.73 Å². The maximum absolute atomic E-state index is 10.8. The summed E-state index contributed by atoms with van der Waals surface area (Å²) in [6.45, 7) is 2.02. The predicted molar refractivity (Wildman–Crippen MR) is 56.8 cm³/mol. The van der Waals surface area contributed by atoms with Crippen LogP contribution in [-0.4, -0.2) is 10.7 Å². The van der Waals surface area contributed by atoms with Crippen LogP contribution in [0.1, 0.15) is 11.1 Å². The molecule has 2 N–H and O–H groups in total. The number of hydrogen-bond donors (Lipinski definition) is 1. The average Bonchev–Trinajstić information content (AvgIpc) is 2.04. The van der Waals surface area contributed by atoms with Gasteiger partial charge in [-0.2, -0.15) is 0 Å². The van der Waals surface area contributed by atoms with Crippen LogP contribution in [0.2, 0.25) is 0 Å². The fourth-order valence-corrected chi connectivity index (χ4v) is 1.52. The van der Waals surface area contributed by atoms with E-state index in [9.17, 15) is 4.79 Å². The first kappa shape index (κ1) is 10.3. The number of alkyl halides is 1. The van der Waals surface area contributed by atoms with Crippen molar-refractivity contribution in [1.29, 1.82) is 0 Å². The third kappa shape index (κ3) is 3.19. The number of nitrogens with two attached hydrogens (primary N) is 1. The van der Waals surface area contributed by atoms with Gasteiger partial charge in [0, 0.05) is 0 Å². The summed E-state index contributed by atoms with van der Waals surface area (Å²) in [5.74, 6) is -0.318. The zero-order valence-corrected chi connectivity index (χ0v) is 9.04. The molecule has 0 saturated heterocycles. The molecule has 0 aromatic heterocycles. The zero-order valence-electron chi connectivity index (χ0n) is 7.46. The zero-order chi connectivity index (χ0) is 9.84. The van der Waals surface area contributed by atoms with E-state index in [1.807, 2.05) is 25.1 Å². The maximum Gasteiger partial charge on any atom is 0.231 e. The van der Waals surface area contributed by atoms with Crippen molar-refractivity contribution in [3.8, 4) is 0 Å². The lowest BCUT2D eigenvalue weighted by Crippen LogP contribution is -2.24. The number of amides is 1. The Morgan fingerprint density at radius 3 is 2.85 bits per heavy atom. The average molecular weight is 242 g/mol. The lowest BCUT2D eigenvalue weighted by molar-refractivity contribution is -0.117. The molecule has 0 spiro atoms. The Labute approximate surface area is 86.3 Å². The number of aryl methyl sites for hydroxylation is 1. The van der Waals surface area contributed by atoms with Crippen LogP contribution in [-0.2, 0) is 11.2 Å². The highest BCUT2D eigenvalue weighted by Crippen LogP contribution is 2.11. The Morgan fingerprint density at radius 1 is 1.62 bits per heavy atom. The number of hydrogen-bond acceptors (Lipinski definition) is 1. The Hall–Kier alpha value is -0.830. The molecule has 1 unspecified atom stereocenters. The summed E-state index contributed by atoms with van der Waals surface area (Å²) in [4.78, 5) is 10.5. The van der Waals surface area contributed by atoms with Gasteiger partial charge >= 0.3 is 0 Å². The molecule has 13 heavy (non-hydrogen) atoms. The number of carbonyl (C=O) groups excluding carboxylic acids is 1. The van der Waals surface area contributed by atoms with Crippen LogP contribution in [0.4, 0.5) is 0 Å². The topological polar surface area (TPSA) is 43.1 Å². The fourth-order valence-electron chi connectivity index (χ4n) is 1.15. The molecule has 70 valence electrons. The van der Waals surface area contributed by atoms with E-state index in [-0.39, 0.29) is 10.7 Å². The van der Waals surface area contributed by atoms with Crippen LogP contribution in [0.3, 0.4) is 0 Å². The van der Waals surface area contributed by atoms with Crippen molar-refractivity contribution in [2.45, 2.75) is 18.2 Å². The molecule has 0 radical (unpaired) electrons. The number of carbonyl (C=O) groups is 1. The minimum Gasteiger partial charge on any atom is -0.369 e. The van der Waals surface area contributed by atoms with E-state index >= 15 is 0 Å². The molecule has 0 heterocycles. The monoisotopic (exact) mass is 241 g/mol. The summed E-state index contributed by atoms with van der Waals surface area (Å²) >= 11 is 3.23. The van der Waals surface area contributed by atoms with Crippen molar-refractivity contribution in [2.75, 3.05) is 0 Å². The second-order valence-electron chi connectivity index (χ2n) is 3.06. The standard InChI is InChI=1S/C10H12BrNO/c1-7-3-2-4-8(5-7)6-9(11)10(12)13/h2-5,9H,6H2,1H3,(H2,12,13). The van der Waals surface area contributed by atoms with Crippen molar-refractivity contribution < 1.29 is 4.79 Å². The molecule has 0 aliphatic carbocycles. The Bertz CT molecular complexity index is 312. The van der Waals surface area contributed by atoms with Crippen molar-refractivity contribution in [1.82, 2.24) is 0 Å². The quantitative estimate of drug-likeness (QED) is 0.806. The van der Waals surface area contributed by atoms with Gasteiger partial charge in [-0.1, -0.05) is 45.8 Å². The smallest absolute Gasteiger partial charge is 0.231 e. The van der Waals surface area contributed by atoms with Crippen molar-refractivity contribution >= 4 is 21.8 Å². The molecule has 1 rings (SSSR count). The van der Waals surface area contributed by atoms with Gasteiger partial charge in [0.25, 0.3) is 0 Å². The molecular formula is C10H12BrNO. The minimum absolute atomic E-state index is 0.269. The summed E-state index contributed by atoms with van der Waals surface area (Å²) in [6, 6.07) is 8.05. The molecule has 3 heteroatoms. The molecule has 1 atom stereocenters. The van der Waals surface area contributed by atoms with Crippen LogP contribution in [0.15, 0.2) is 24.3 Å². The van der Waals surface area contributed by atoms with Gasteiger partial charge in [0.15, 0.2) is 0 Å². The molecule has 0 bridgehead atoms. The van der Waals surface area contributed by atoms with Gasteiger partial charge in [-0.25, -0.2) is 0 Å². The predicted octanol–water partition coefficient (Wildman–Crippen LogP) is 1.79. The SMILES string of the molecule is Cc1cccc(CC(Br)C(N)=O)c1.